The van der Waals surface area contributed by atoms with Crippen LogP contribution in [0, 0.1) is 0 Å². The van der Waals surface area contributed by atoms with Gasteiger partial charge in [-0.25, -0.2) is 23.5 Å². The molecule has 0 aliphatic carbocycles. The number of carbonyl (C=O) groups excluding carboxylic acids is 1. The van der Waals surface area contributed by atoms with Crippen molar-refractivity contribution < 1.29 is 27.2 Å². The van der Waals surface area contributed by atoms with Gasteiger partial charge in [-0.2, -0.15) is 10.1 Å². The van der Waals surface area contributed by atoms with Crippen LogP contribution in [0.25, 0.3) is 10.9 Å². The molecule has 11 heteroatoms. The number of methoxy groups -OCH3 is 1. The maximum absolute atomic E-state index is 13.8. The molecule has 0 atom stereocenters. The van der Waals surface area contributed by atoms with Gasteiger partial charge in [0.05, 0.1) is 35.1 Å². The molecule has 34 heavy (non-hydrogen) atoms. The average Bonchev–Trinajstić information content (AvgIpc) is 3.21. The molecular formula is C23H20F2N6O3. The van der Waals surface area contributed by atoms with E-state index in [1.165, 1.54) is 40.3 Å². The number of nitrogens with zero attached hydrogens (tertiary/aromatic N) is 6. The minimum atomic E-state index is -2.71. The predicted molar refractivity (Wildman–Crippen MR) is 121 cm³/mol. The molecular weight excluding hydrogens is 446 g/mol. The van der Waals surface area contributed by atoms with Crippen LogP contribution in [0.3, 0.4) is 0 Å². The SMILES string of the molecule is [2H]C([2H])([2H])Oc1ccc(N2C(=O)N(c3ccc4nn(C)cc4c3)Cc3ncc(OCC(F)F)nc32)cc1. The Morgan fingerprint density at radius 3 is 2.74 bits per heavy atom. The summed E-state index contributed by atoms with van der Waals surface area (Å²) in [5, 5.41) is 5.18. The highest BCUT2D eigenvalue weighted by Gasteiger charge is 2.35. The van der Waals surface area contributed by atoms with E-state index < -0.39 is 26.1 Å². The van der Waals surface area contributed by atoms with E-state index in [9.17, 15) is 13.6 Å². The highest BCUT2D eigenvalue weighted by molar-refractivity contribution is 6.10. The predicted octanol–water partition coefficient (Wildman–Crippen LogP) is 4.29. The second-order valence-electron chi connectivity index (χ2n) is 7.53. The summed E-state index contributed by atoms with van der Waals surface area (Å²) in [5.74, 6) is 0.0248. The van der Waals surface area contributed by atoms with Gasteiger partial charge in [0.1, 0.15) is 11.4 Å². The van der Waals surface area contributed by atoms with E-state index in [1.54, 1.807) is 23.9 Å². The summed E-state index contributed by atoms with van der Waals surface area (Å²) in [6.07, 6.45) is 0.347. The Labute approximate surface area is 197 Å². The van der Waals surface area contributed by atoms with Crippen LogP contribution in [0.2, 0.25) is 0 Å². The second kappa shape index (κ2) is 8.58. The Bertz CT molecular complexity index is 1460. The molecule has 0 unspecified atom stereocenters. The molecule has 2 aromatic heterocycles. The molecule has 0 saturated carbocycles. The number of ether oxygens (including phenoxy) is 2. The van der Waals surface area contributed by atoms with Gasteiger partial charge in [0.15, 0.2) is 12.4 Å². The van der Waals surface area contributed by atoms with Crippen LogP contribution in [0.5, 0.6) is 11.6 Å². The molecule has 0 radical (unpaired) electrons. The minimum Gasteiger partial charge on any atom is -0.497 e. The lowest BCUT2D eigenvalue weighted by Gasteiger charge is -2.35. The maximum Gasteiger partial charge on any atom is 0.335 e. The topological polar surface area (TPSA) is 85.6 Å². The molecule has 3 heterocycles. The molecule has 4 aromatic rings. The van der Waals surface area contributed by atoms with E-state index >= 15 is 0 Å². The number of hydrogen-bond acceptors (Lipinski definition) is 6. The number of carbonyl (C=O) groups is 1. The molecule has 0 spiro atoms. The number of halogens is 2. The molecule has 1 aliphatic rings. The molecule has 0 N–H and O–H groups in total. The lowest BCUT2D eigenvalue weighted by molar-refractivity contribution is 0.0794. The van der Waals surface area contributed by atoms with E-state index in [-0.39, 0.29) is 24.0 Å². The Balaban J connectivity index is 1.56. The lowest BCUT2D eigenvalue weighted by atomic mass is 10.1. The fraction of sp³-hybridized carbons (Fsp3) is 0.217. The van der Waals surface area contributed by atoms with Gasteiger partial charge in [-0.15, -0.1) is 0 Å². The van der Waals surface area contributed by atoms with E-state index in [0.717, 1.165) is 10.9 Å². The zero-order valence-corrected chi connectivity index (χ0v) is 17.9. The van der Waals surface area contributed by atoms with Crippen molar-refractivity contribution in [1.82, 2.24) is 19.7 Å². The standard InChI is InChI=1S/C23H20F2N6O3/c1-29-11-14-9-16(5-8-18(14)28-29)30-12-19-22(27-21(10-26-19)34-13-20(24)25)31(23(30)32)15-3-6-17(33-2)7-4-15/h3-11,20H,12-13H2,1-2H3/i2D3. The van der Waals surface area contributed by atoms with Crippen molar-refractivity contribution in [2.45, 2.75) is 13.0 Å². The normalized spacial score (nSPS) is 15.2. The molecule has 0 fully saturated rings. The molecule has 1 aliphatic heterocycles. The third-order valence-electron chi connectivity index (χ3n) is 5.23. The first kappa shape index (κ1) is 18.2. The van der Waals surface area contributed by atoms with Crippen LogP contribution < -0.4 is 19.3 Å². The van der Waals surface area contributed by atoms with E-state index in [4.69, 9.17) is 13.6 Å². The number of rotatable bonds is 6. The van der Waals surface area contributed by atoms with Crippen LogP contribution in [-0.2, 0) is 13.6 Å². The van der Waals surface area contributed by atoms with E-state index in [1.807, 2.05) is 12.3 Å². The fourth-order valence-electron chi connectivity index (χ4n) is 3.73. The minimum absolute atomic E-state index is 0.0683. The molecule has 174 valence electrons. The monoisotopic (exact) mass is 469 g/mol. The van der Waals surface area contributed by atoms with E-state index in [2.05, 4.69) is 15.1 Å². The maximum atomic E-state index is 13.8. The first-order chi connectivity index (χ1) is 17.6. The number of benzene rings is 2. The van der Waals surface area contributed by atoms with Crippen molar-refractivity contribution in [2.24, 2.45) is 7.05 Å². The third kappa shape index (κ3) is 3.96. The molecule has 0 bridgehead atoms. The summed E-state index contributed by atoms with van der Waals surface area (Å²) in [6, 6.07) is 10.7. The van der Waals surface area contributed by atoms with Crippen LogP contribution in [0.15, 0.2) is 54.9 Å². The molecule has 5 rings (SSSR count). The Morgan fingerprint density at radius 2 is 1.97 bits per heavy atom. The highest BCUT2D eigenvalue weighted by atomic mass is 19.3. The number of anilines is 3. The summed E-state index contributed by atoms with van der Waals surface area (Å²) in [6.45, 7) is -0.807. The number of hydrogen-bond donors (Lipinski definition) is 0. The zero-order valence-electron chi connectivity index (χ0n) is 20.9. The number of fused-ring (bicyclic) bond motifs is 2. The third-order valence-corrected chi connectivity index (χ3v) is 5.23. The van der Waals surface area contributed by atoms with Crippen LogP contribution >= 0.6 is 0 Å². The van der Waals surface area contributed by atoms with Crippen molar-refractivity contribution >= 4 is 34.1 Å². The fourth-order valence-corrected chi connectivity index (χ4v) is 3.73. The van der Waals surface area contributed by atoms with Crippen LogP contribution in [0.1, 0.15) is 9.81 Å². The summed E-state index contributed by atoms with van der Waals surface area (Å²) < 4.78 is 58.7. The number of amides is 2. The van der Waals surface area contributed by atoms with Gasteiger partial charge in [0, 0.05) is 24.3 Å². The van der Waals surface area contributed by atoms with Gasteiger partial charge < -0.3 is 9.47 Å². The Morgan fingerprint density at radius 1 is 1.18 bits per heavy atom. The second-order valence-corrected chi connectivity index (χ2v) is 7.53. The summed E-state index contributed by atoms with van der Waals surface area (Å²) >= 11 is 0. The average molecular weight is 469 g/mol. The van der Waals surface area contributed by atoms with Crippen LogP contribution in [-0.4, -0.2) is 45.8 Å². The summed E-state index contributed by atoms with van der Waals surface area (Å²) in [4.78, 5) is 25.2. The van der Waals surface area contributed by atoms with Gasteiger partial charge in [0.2, 0.25) is 5.88 Å². The highest BCUT2D eigenvalue weighted by Crippen LogP contribution is 2.37. The summed E-state index contributed by atoms with van der Waals surface area (Å²) in [7, 11) is -0.841. The molecule has 2 aromatic carbocycles. The molecule has 9 nitrogen and oxygen atoms in total. The number of alkyl halides is 2. The Hall–Kier alpha value is -4.28. The van der Waals surface area contributed by atoms with Crippen molar-refractivity contribution in [1.29, 1.82) is 0 Å². The van der Waals surface area contributed by atoms with Gasteiger partial charge >= 0.3 is 6.03 Å². The van der Waals surface area contributed by atoms with Crippen molar-refractivity contribution in [3.8, 4) is 11.6 Å². The van der Waals surface area contributed by atoms with E-state index in [0.29, 0.717) is 17.1 Å². The first-order valence-electron chi connectivity index (χ1n) is 11.7. The largest absolute Gasteiger partial charge is 0.497 e. The summed E-state index contributed by atoms with van der Waals surface area (Å²) in [5.41, 5.74) is 2.08. The smallest absolute Gasteiger partial charge is 0.335 e. The van der Waals surface area contributed by atoms with Gasteiger partial charge in [0.25, 0.3) is 6.43 Å². The number of aryl methyl sites for hydroxylation is 1. The van der Waals surface area contributed by atoms with Gasteiger partial charge in [-0.05, 0) is 42.5 Å². The molecule has 0 saturated heterocycles. The van der Waals surface area contributed by atoms with Gasteiger partial charge in [-0.3, -0.25) is 9.58 Å². The van der Waals surface area contributed by atoms with Gasteiger partial charge in [-0.1, -0.05) is 0 Å². The molecule has 2 amide bonds. The lowest BCUT2D eigenvalue weighted by Crippen LogP contribution is -2.45. The number of aromatic nitrogens is 4. The quantitative estimate of drug-likeness (QED) is 0.419. The zero-order chi connectivity index (χ0) is 26.3. The van der Waals surface area contributed by atoms with Crippen molar-refractivity contribution in [2.75, 3.05) is 23.4 Å². The Kier molecular flexibility index (Phi) is 4.59. The van der Waals surface area contributed by atoms with Crippen molar-refractivity contribution in [3.63, 3.8) is 0 Å². The van der Waals surface area contributed by atoms with Crippen LogP contribution in [0.4, 0.5) is 30.8 Å². The number of urea groups is 1. The first-order valence-corrected chi connectivity index (χ1v) is 10.2. The van der Waals surface area contributed by atoms with Crippen molar-refractivity contribution in [3.05, 3.63) is 60.6 Å².